The number of aliphatic carboxylic acids is 4. The standard InChI is InChI=1S/C38H49ClFN5O12/c39-29-7-5-28(6-8-29)38(12-16-42(17-13-38)15-1-2-31(46)27-3-9-30(40)10-4-27)57-37(56)11-14-41-32(47)22-44(24-34(50)51)20-18-43(23-33(48)49)19-21-45(25-35(52)53)26-36(54)55/h3-10H,1-2,11-26H2,(H,41,47)(H,48,49)(H,50,51)(H,52,53)(H,54,55). The predicted molar refractivity (Wildman–Crippen MR) is 202 cm³/mol. The zero-order chi connectivity index (χ0) is 42.0. The third-order valence-electron chi connectivity index (χ3n) is 9.31. The molecule has 57 heavy (non-hydrogen) atoms. The van der Waals surface area contributed by atoms with Crippen LogP contribution in [0.4, 0.5) is 4.39 Å². The van der Waals surface area contributed by atoms with E-state index in [0.29, 0.717) is 55.9 Å². The van der Waals surface area contributed by atoms with Gasteiger partial charge >= 0.3 is 29.8 Å². The molecule has 0 unspecified atom stereocenters. The molecule has 1 fully saturated rings. The number of halogens is 2. The number of ketones is 1. The lowest BCUT2D eigenvalue weighted by Crippen LogP contribution is -2.47. The van der Waals surface area contributed by atoms with Gasteiger partial charge in [-0.3, -0.25) is 48.3 Å². The second-order valence-corrected chi connectivity index (χ2v) is 14.2. The van der Waals surface area contributed by atoms with Crippen LogP contribution in [-0.2, 0) is 39.1 Å². The highest BCUT2D eigenvalue weighted by atomic mass is 35.5. The van der Waals surface area contributed by atoms with Crippen molar-refractivity contribution < 1.29 is 63.1 Å². The van der Waals surface area contributed by atoms with Crippen molar-refractivity contribution in [2.75, 3.05) is 85.1 Å². The van der Waals surface area contributed by atoms with Crippen LogP contribution < -0.4 is 5.32 Å². The minimum absolute atomic E-state index is 0.0362. The second kappa shape index (κ2) is 23.3. The number of hydrogen-bond acceptors (Lipinski definition) is 12. The Balaban J connectivity index is 1.52. The summed E-state index contributed by atoms with van der Waals surface area (Å²) in [6.07, 6.45) is 1.62. The van der Waals surface area contributed by atoms with E-state index in [2.05, 4.69) is 10.2 Å². The summed E-state index contributed by atoms with van der Waals surface area (Å²) in [5, 5.41) is 40.0. The van der Waals surface area contributed by atoms with E-state index >= 15 is 0 Å². The fourth-order valence-corrected chi connectivity index (χ4v) is 6.57. The number of Topliss-reactive ketones (excluding diaryl/α,β-unsaturated/α-hetero) is 1. The molecule has 0 radical (unpaired) electrons. The van der Waals surface area contributed by atoms with E-state index in [1.165, 1.54) is 34.1 Å². The van der Waals surface area contributed by atoms with E-state index in [4.69, 9.17) is 26.6 Å². The van der Waals surface area contributed by atoms with Crippen LogP contribution in [0.15, 0.2) is 48.5 Å². The molecule has 5 N–H and O–H groups in total. The Hall–Kier alpha value is -5.01. The highest BCUT2D eigenvalue weighted by molar-refractivity contribution is 6.30. The number of rotatable bonds is 26. The number of likely N-dealkylation sites (tertiary alicyclic amines) is 1. The third kappa shape index (κ3) is 17.3. The number of nitrogens with one attached hydrogen (secondary N) is 1. The molecule has 1 aliphatic rings. The van der Waals surface area contributed by atoms with Gasteiger partial charge in [0.25, 0.3) is 0 Å². The molecule has 0 atom stereocenters. The van der Waals surface area contributed by atoms with E-state index in [0.717, 1.165) is 10.5 Å². The quantitative estimate of drug-likeness (QED) is 0.0672. The third-order valence-corrected chi connectivity index (χ3v) is 9.56. The van der Waals surface area contributed by atoms with Crippen molar-refractivity contribution in [2.24, 2.45) is 0 Å². The molecule has 1 amide bonds. The van der Waals surface area contributed by atoms with E-state index in [1.807, 2.05) is 0 Å². The van der Waals surface area contributed by atoms with Crippen LogP contribution in [0.3, 0.4) is 0 Å². The fraction of sp³-hybridized carbons (Fsp3) is 0.500. The number of hydrogen-bond donors (Lipinski definition) is 5. The first-order valence-corrected chi connectivity index (χ1v) is 18.7. The smallest absolute Gasteiger partial charge is 0.317 e. The van der Waals surface area contributed by atoms with Crippen molar-refractivity contribution in [2.45, 2.75) is 37.7 Å². The predicted octanol–water partition coefficient (Wildman–Crippen LogP) is 1.73. The molecule has 19 heteroatoms. The van der Waals surface area contributed by atoms with Crippen LogP contribution in [0, 0.1) is 5.82 Å². The zero-order valence-corrected chi connectivity index (χ0v) is 32.2. The van der Waals surface area contributed by atoms with Crippen LogP contribution in [0.2, 0.25) is 5.02 Å². The maximum absolute atomic E-state index is 13.2. The Labute approximate surface area is 333 Å². The topological polar surface area (TPSA) is 235 Å². The Bertz CT molecular complexity index is 1670. The fourth-order valence-electron chi connectivity index (χ4n) is 6.45. The molecule has 0 aliphatic carbocycles. The van der Waals surface area contributed by atoms with Gasteiger partial charge < -0.3 is 35.4 Å². The van der Waals surface area contributed by atoms with Crippen molar-refractivity contribution in [1.82, 2.24) is 24.9 Å². The summed E-state index contributed by atoms with van der Waals surface area (Å²) in [5.74, 6) is -6.65. The Morgan fingerprint density at radius 1 is 0.702 bits per heavy atom. The van der Waals surface area contributed by atoms with Crippen LogP contribution in [0.25, 0.3) is 0 Å². The number of piperidine rings is 1. The van der Waals surface area contributed by atoms with Crippen LogP contribution in [-0.4, -0.2) is 167 Å². The van der Waals surface area contributed by atoms with Gasteiger partial charge in [0.2, 0.25) is 5.91 Å². The first-order chi connectivity index (χ1) is 27.0. The summed E-state index contributed by atoms with van der Waals surface area (Å²) in [5.41, 5.74) is 0.243. The number of ether oxygens (including phenoxy) is 1. The molecular weight excluding hydrogens is 773 g/mol. The lowest BCUT2D eigenvalue weighted by atomic mass is 9.84. The van der Waals surface area contributed by atoms with Gasteiger partial charge in [-0.2, -0.15) is 0 Å². The van der Waals surface area contributed by atoms with Crippen molar-refractivity contribution in [1.29, 1.82) is 0 Å². The highest BCUT2D eigenvalue weighted by Crippen LogP contribution is 2.38. The second-order valence-electron chi connectivity index (χ2n) is 13.7. The number of benzene rings is 2. The van der Waals surface area contributed by atoms with E-state index in [9.17, 15) is 48.2 Å². The summed E-state index contributed by atoms with van der Waals surface area (Å²) < 4.78 is 19.3. The van der Waals surface area contributed by atoms with Gasteiger partial charge in [-0.05, 0) is 54.9 Å². The number of carbonyl (C=O) groups is 7. The van der Waals surface area contributed by atoms with Gasteiger partial charge in [-0.15, -0.1) is 0 Å². The van der Waals surface area contributed by atoms with Gasteiger partial charge in [0.1, 0.15) is 11.4 Å². The molecule has 1 heterocycles. The number of carbonyl (C=O) groups excluding carboxylic acids is 3. The molecule has 2 aromatic carbocycles. The van der Waals surface area contributed by atoms with E-state index in [-0.39, 0.29) is 44.9 Å². The molecular formula is C38H49ClFN5O12. The van der Waals surface area contributed by atoms with Gasteiger partial charge in [0, 0.05) is 75.7 Å². The molecule has 0 bridgehead atoms. The molecule has 2 aromatic rings. The number of amides is 1. The molecule has 0 aromatic heterocycles. The molecule has 3 rings (SSSR count). The molecule has 1 aliphatic heterocycles. The van der Waals surface area contributed by atoms with E-state index in [1.54, 1.807) is 24.3 Å². The maximum Gasteiger partial charge on any atom is 0.317 e. The van der Waals surface area contributed by atoms with Crippen LogP contribution in [0.1, 0.15) is 48.0 Å². The van der Waals surface area contributed by atoms with Gasteiger partial charge in [-0.25, -0.2) is 4.39 Å². The lowest BCUT2D eigenvalue weighted by molar-refractivity contribution is -0.167. The monoisotopic (exact) mass is 821 g/mol. The number of carboxylic acid groups (broad SMARTS) is 4. The summed E-state index contributed by atoms with van der Waals surface area (Å²) in [6.45, 7) is -1.21. The summed E-state index contributed by atoms with van der Waals surface area (Å²) in [7, 11) is 0. The Morgan fingerprint density at radius 3 is 1.72 bits per heavy atom. The van der Waals surface area contributed by atoms with Crippen LogP contribution >= 0.6 is 11.6 Å². The minimum Gasteiger partial charge on any atom is -0.480 e. The molecule has 17 nitrogen and oxygen atoms in total. The number of esters is 1. The normalized spacial score (nSPS) is 14.1. The van der Waals surface area contributed by atoms with Crippen molar-refractivity contribution in [3.05, 3.63) is 70.5 Å². The Morgan fingerprint density at radius 2 is 1.19 bits per heavy atom. The summed E-state index contributed by atoms with van der Waals surface area (Å²) >= 11 is 6.13. The first-order valence-electron chi connectivity index (χ1n) is 18.3. The largest absolute Gasteiger partial charge is 0.480 e. The van der Waals surface area contributed by atoms with Crippen molar-refractivity contribution in [3.8, 4) is 0 Å². The van der Waals surface area contributed by atoms with Crippen molar-refractivity contribution >= 4 is 53.1 Å². The maximum atomic E-state index is 13.2. The number of nitrogens with zero attached hydrogens (tertiary/aromatic N) is 4. The summed E-state index contributed by atoms with van der Waals surface area (Å²) in [4.78, 5) is 89.8. The van der Waals surface area contributed by atoms with Crippen LogP contribution in [0.5, 0.6) is 0 Å². The first kappa shape index (κ1) is 46.4. The van der Waals surface area contributed by atoms with Gasteiger partial charge in [0.15, 0.2) is 5.78 Å². The average molecular weight is 822 g/mol. The lowest BCUT2D eigenvalue weighted by Gasteiger charge is -2.41. The molecule has 0 spiro atoms. The summed E-state index contributed by atoms with van der Waals surface area (Å²) in [6, 6.07) is 12.4. The average Bonchev–Trinajstić information content (AvgIpc) is 3.13. The Kier molecular flexibility index (Phi) is 18.9. The van der Waals surface area contributed by atoms with Gasteiger partial charge in [-0.1, -0.05) is 23.7 Å². The zero-order valence-electron chi connectivity index (χ0n) is 31.4. The van der Waals surface area contributed by atoms with Crippen molar-refractivity contribution in [3.63, 3.8) is 0 Å². The van der Waals surface area contributed by atoms with Gasteiger partial charge in [0.05, 0.1) is 39.1 Å². The molecule has 1 saturated heterocycles. The molecule has 312 valence electrons. The minimum atomic E-state index is -1.27. The number of carboxylic acids is 4. The SMILES string of the molecule is O=C(O)CN(CCN(CC(=O)O)CC(=O)O)CCN(CC(=O)O)CC(=O)NCCC(=O)OC1(c2ccc(Cl)cc2)CCN(CCCC(=O)c2ccc(F)cc2)CC1. The highest BCUT2D eigenvalue weighted by Gasteiger charge is 2.40. The molecule has 0 saturated carbocycles. The van der Waals surface area contributed by atoms with E-state index < -0.39 is 79.9 Å².